The molecule has 0 bridgehead atoms. The van der Waals surface area contributed by atoms with Crippen LogP contribution >= 0.6 is 11.3 Å². The van der Waals surface area contributed by atoms with Gasteiger partial charge < -0.3 is 14.2 Å². The molecule has 11 heteroatoms. The Kier molecular flexibility index (Phi) is 5.76. The Morgan fingerprint density at radius 3 is 2.76 bits per heavy atom. The molecule has 0 fully saturated rings. The molecule has 37 heavy (non-hydrogen) atoms. The second-order valence-electron chi connectivity index (χ2n) is 8.69. The molecule has 2 aromatic carbocycles. The van der Waals surface area contributed by atoms with Gasteiger partial charge in [0, 0.05) is 17.5 Å². The van der Waals surface area contributed by atoms with Gasteiger partial charge in [0.2, 0.25) is 5.88 Å². The van der Waals surface area contributed by atoms with Crippen LogP contribution in [0.25, 0.3) is 31.8 Å². The van der Waals surface area contributed by atoms with Crippen molar-refractivity contribution in [1.29, 1.82) is 0 Å². The largest absolute Gasteiger partial charge is 0.486 e. The molecule has 1 N–H and O–H groups in total. The molecule has 1 aliphatic heterocycles. The predicted octanol–water partition coefficient (Wildman–Crippen LogP) is 4.87. The topological polar surface area (TPSA) is 121 Å². The van der Waals surface area contributed by atoms with Crippen molar-refractivity contribution in [2.75, 3.05) is 19.0 Å². The fourth-order valence-electron chi connectivity index (χ4n) is 4.28. The minimum atomic E-state index is -0.582. The van der Waals surface area contributed by atoms with E-state index in [1.54, 1.807) is 31.6 Å². The van der Waals surface area contributed by atoms with E-state index in [0.717, 1.165) is 48.7 Å². The summed E-state index contributed by atoms with van der Waals surface area (Å²) in [4.78, 5) is 34.4. The highest BCUT2D eigenvalue weighted by molar-refractivity contribution is 7.22. The molecule has 1 aliphatic rings. The third-order valence-corrected chi connectivity index (χ3v) is 7.14. The number of hydrogen-bond donors (Lipinski definition) is 1. The average molecular weight is 515 g/mol. The SMILES string of the molecule is COc1cnc2c(-c3nc4ccc5c(c4s3)C[C@@H](COC(=O)Nc3cnc(C)nc3)O5)cc(C)cc2n1. The van der Waals surface area contributed by atoms with E-state index in [2.05, 4.69) is 31.3 Å². The monoisotopic (exact) mass is 514 g/mol. The summed E-state index contributed by atoms with van der Waals surface area (Å²) in [5.41, 5.74) is 5.94. The lowest BCUT2D eigenvalue weighted by molar-refractivity contribution is 0.102. The molecule has 1 amide bonds. The molecule has 1 atom stereocenters. The summed E-state index contributed by atoms with van der Waals surface area (Å²) >= 11 is 1.59. The van der Waals surface area contributed by atoms with Crippen LogP contribution in [-0.4, -0.2) is 50.8 Å². The van der Waals surface area contributed by atoms with Crippen molar-refractivity contribution in [2.45, 2.75) is 26.4 Å². The first-order valence-electron chi connectivity index (χ1n) is 11.6. The Balaban J connectivity index is 1.22. The van der Waals surface area contributed by atoms with Crippen LogP contribution in [0.5, 0.6) is 11.6 Å². The Morgan fingerprint density at radius 1 is 1.11 bits per heavy atom. The number of hydrogen-bond acceptors (Lipinski definition) is 10. The van der Waals surface area contributed by atoms with Gasteiger partial charge in [-0.3, -0.25) is 5.32 Å². The first kappa shape index (κ1) is 23.0. The molecule has 5 aromatic rings. The van der Waals surface area contributed by atoms with E-state index >= 15 is 0 Å². The molecule has 0 spiro atoms. The predicted molar refractivity (Wildman–Crippen MR) is 139 cm³/mol. The van der Waals surface area contributed by atoms with E-state index in [-0.39, 0.29) is 12.7 Å². The number of fused-ring (bicyclic) bond motifs is 4. The number of aromatic nitrogens is 5. The first-order valence-corrected chi connectivity index (χ1v) is 12.4. The molecule has 4 heterocycles. The van der Waals surface area contributed by atoms with Crippen LogP contribution in [0.15, 0.2) is 42.9 Å². The number of benzene rings is 2. The second-order valence-corrected chi connectivity index (χ2v) is 9.69. The molecule has 186 valence electrons. The maximum Gasteiger partial charge on any atom is 0.411 e. The highest BCUT2D eigenvalue weighted by atomic mass is 32.1. The van der Waals surface area contributed by atoms with Crippen molar-refractivity contribution in [1.82, 2.24) is 24.9 Å². The molecule has 3 aromatic heterocycles. The van der Waals surface area contributed by atoms with Gasteiger partial charge >= 0.3 is 6.09 Å². The van der Waals surface area contributed by atoms with Crippen LogP contribution in [0, 0.1) is 13.8 Å². The number of nitrogens with one attached hydrogen (secondary N) is 1. The summed E-state index contributed by atoms with van der Waals surface area (Å²) < 4.78 is 17.8. The summed E-state index contributed by atoms with van der Waals surface area (Å²) in [5, 5.41) is 3.48. The third-order valence-electron chi connectivity index (χ3n) is 5.98. The van der Waals surface area contributed by atoms with Gasteiger partial charge in [0.1, 0.15) is 29.3 Å². The lowest BCUT2D eigenvalue weighted by Crippen LogP contribution is -2.25. The summed E-state index contributed by atoms with van der Waals surface area (Å²) in [5.74, 6) is 1.87. The van der Waals surface area contributed by atoms with Crippen LogP contribution in [0.2, 0.25) is 0 Å². The molecule has 0 saturated carbocycles. The van der Waals surface area contributed by atoms with Crippen molar-refractivity contribution in [3.05, 3.63) is 59.8 Å². The van der Waals surface area contributed by atoms with Gasteiger partial charge in [0.25, 0.3) is 0 Å². The lowest BCUT2D eigenvalue weighted by Gasteiger charge is -2.11. The first-order chi connectivity index (χ1) is 18.0. The highest BCUT2D eigenvalue weighted by Crippen LogP contribution is 2.41. The maximum atomic E-state index is 12.2. The zero-order valence-corrected chi connectivity index (χ0v) is 21.1. The van der Waals surface area contributed by atoms with Crippen molar-refractivity contribution in [2.24, 2.45) is 0 Å². The quantitative estimate of drug-likeness (QED) is 0.350. The van der Waals surface area contributed by atoms with Crippen LogP contribution in [-0.2, 0) is 11.2 Å². The molecule has 0 radical (unpaired) electrons. The zero-order valence-electron chi connectivity index (χ0n) is 20.3. The van der Waals surface area contributed by atoms with Crippen molar-refractivity contribution in [3.8, 4) is 22.2 Å². The molecule has 6 rings (SSSR count). The average Bonchev–Trinajstić information content (AvgIpc) is 3.52. The number of carbonyl (C=O) groups is 1. The summed E-state index contributed by atoms with van der Waals surface area (Å²) in [7, 11) is 1.58. The van der Waals surface area contributed by atoms with Crippen molar-refractivity contribution in [3.63, 3.8) is 0 Å². The van der Waals surface area contributed by atoms with Crippen LogP contribution in [0.1, 0.15) is 17.0 Å². The molecular formula is C26H22N6O4S. The number of nitrogens with zero attached hydrogens (tertiary/aromatic N) is 5. The number of aryl methyl sites for hydroxylation is 2. The smallest absolute Gasteiger partial charge is 0.411 e. The normalized spacial score (nSPS) is 14.4. The Bertz CT molecular complexity index is 1650. The molecule has 10 nitrogen and oxygen atoms in total. The fraction of sp³-hybridized carbons (Fsp3) is 0.231. The summed E-state index contributed by atoms with van der Waals surface area (Å²) in [6.07, 6.45) is 4.42. The number of anilines is 1. The number of thiazole rings is 1. The minimum absolute atomic E-state index is 0.111. The standard InChI is InChI=1S/C26H22N6O4S/c1-13-6-18(23-20(7-13)31-22(34-3)11-29-23)25-32-19-4-5-21-17(24(19)37-25)8-16(36-21)12-35-26(33)30-15-9-27-14(2)28-10-15/h4-7,9-11,16H,8,12H2,1-3H3,(H,30,33)/t16-/m0/s1. The Labute approximate surface area is 215 Å². The van der Waals surface area contributed by atoms with E-state index in [9.17, 15) is 4.79 Å². The highest BCUT2D eigenvalue weighted by Gasteiger charge is 2.28. The number of amides is 1. The second kappa shape index (κ2) is 9.25. The summed E-state index contributed by atoms with van der Waals surface area (Å²) in [6, 6.07) is 7.93. The van der Waals surface area contributed by atoms with E-state index in [1.807, 2.05) is 25.1 Å². The van der Waals surface area contributed by atoms with Crippen molar-refractivity contribution < 1.29 is 19.0 Å². The Hall–Kier alpha value is -4.38. The van der Waals surface area contributed by atoms with Gasteiger partial charge in [-0.25, -0.2) is 29.7 Å². The van der Waals surface area contributed by atoms with Crippen LogP contribution < -0.4 is 14.8 Å². The van der Waals surface area contributed by atoms with E-state index in [1.165, 1.54) is 12.4 Å². The van der Waals surface area contributed by atoms with Crippen LogP contribution in [0.3, 0.4) is 0 Å². The Morgan fingerprint density at radius 2 is 1.95 bits per heavy atom. The van der Waals surface area contributed by atoms with Gasteiger partial charge in [-0.05, 0) is 43.7 Å². The van der Waals surface area contributed by atoms with Gasteiger partial charge in [0.15, 0.2) is 0 Å². The van der Waals surface area contributed by atoms with Gasteiger partial charge in [-0.1, -0.05) is 0 Å². The fourth-order valence-corrected chi connectivity index (χ4v) is 5.41. The van der Waals surface area contributed by atoms with Gasteiger partial charge in [0.05, 0.1) is 52.6 Å². The zero-order chi connectivity index (χ0) is 25.5. The number of ether oxygens (including phenoxy) is 3. The third kappa shape index (κ3) is 4.49. The van der Waals surface area contributed by atoms with E-state index in [4.69, 9.17) is 19.2 Å². The molecule has 0 saturated heterocycles. The van der Waals surface area contributed by atoms with Gasteiger partial charge in [-0.2, -0.15) is 0 Å². The van der Waals surface area contributed by atoms with E-state index < -0.39 is 6.09 Å². The van der Waals surface area contributed by atoms with E-state index in [0.29, 0.717) is 23.8 Å². The van der Waals surface area contributed by atoms with Crippen molar-refractivity contribution >= 4 is 44.4 Å². The molecule has 0 unspecified atom stereocenters. The number of methoxy groups -OCH3 is 1. The number of rotatable bonds is 5. The summed E-state index contributed by atoms with van der Waals surface area (Å²) in [6.45, 7) is 3.91. The van der Waals surface area contributed by atoms with Gasteiger partial charge in [-0.15, -0.1) is 11.3 Å². The van der Waals surface area contributed by atoms with Crippen LogP contribution in [0.4, 0.5) is 10.5 Å². The minimum Gasteiger partial charge on any atom is -0.486 e. The molecule has 0 aliphatic carbocycles. The maximum absolute atomic E-state index is 12.2. The number of carbonyl (C=O) groups excluding carboxylic acids is 1. The molecular weight excluding hydrogens is 492 g/mol. The lowest BCUT2D eigenvalue weighted by atomic mass is 10.1.